The molecule has 2 aliphatic rings. The van der Waals surface area contributed by atoms with Crippen LogP contribution in [-0.4, -0.2) is 49.3 Å². The van der Waals surface area contributed by atoms with Crippen LogP contribution in [-0.2, 0) is 11.2 Å². The van der Waals surface area contributed by atoms with E-state index in [1.165, 1.54) is 12.3 Å². The van der Waals surface area contributed by atoms with Gasteiger partial charge in [-0.25, -0.2) is 18.7 Å². The molecule has 4 atom stereocenters. The summed E-state index contributed by atoms with van der Waals surface area (Å²) >= 11 is 0. The second-order valence-corrected chi connectivity index (χ2v) is 8.99. The molecular formula is C25H24F2N4O4. The predicted octanol–water partition coefficient (Wildman–Crippen LogP) is 2.79. The highest BCUT2D eigenvalue weighted by Crippen LogP contribution is 2.43. The van der Waals surface area contributed by atoms with Crippen molar-refractivity contribution in [3.63, 3.8) is 0 Å². The summed E-state index contributed by atoms with van der Waals surface area (Å²) in [4.78, 5) is 25.3. The van der Waals surface area contributed by atoms with E-state index in [2.05, 4.69) is 15.0 Å². The fourth-order valence-corrected chi connectivity index (χ4v) is 4.52. The molecule has 182 valence electrons. The van der Waals surface area contributed by atoms with Gasteiger partial charge in [-0.15, -0.1) is 0 Å². The molecule has 3 heterocycles. The van der Waals surface area contributed by atoms with Gasteiger partial charge < -0.3 is 20.7 Å². The molecule has 4 N–H and O–H groups in total. The number of hydrogen-bond acceptors (Lipinski definition) is 8. The average Bonchev–Trinajstić information content (AvgIpc) is 3.67. The lowest BCUT2D eigenvalue weighted by atomic mass is 9.89. The van der Waals surface area contributed by atoms with Crippen LogP contribution in [0.4, 0.5) is 14.5 Å². The molecule has 10 heteroatoms. The monoisotopic (exact) mass is 482 g/mol. The smallest absolute Gasteiger partial charge is 0.187 e. The third kappa shape index (κ3) is 4.64. The summed E-state index contributed by atoms with van der Waals surface area (Å²) in [7, 11) is 0. The van der Waals surface area contributed by atoms with E-state index in [4.69, 9.17) is 10.5 Å². The number of ketones is 1. The number of carbonyl (C=O) groups is 1. The molecule has 1 aliphatic carbocycles. The van der Waals surface area contributed by atoms with Crippen LogP contribution in [0.1, 0.15) is 47.0 Å². The van der Waals surface area contributed by atoms with E-state index in [1.807, 2.05) is 0 Å². The minimum atomic E-state index is -0.955. The summed E-state index contributed by atoms with van der Waals surface area (Å²) in [5.41, 5.74) is 6.50. The van der Waals surface area contributed by atoms with E-state index >= 15 is 0 Å². The molecule has 2 fully saturated rings. The van der Waals surface area contributed by atoms with E-state index < -0.39 is 47.4 Å². The molecule has 0 unspecified atom stereocenters. The summed E-state index contributed by atoms with van der Waals surface area (Å²) < 4.78 is 34.6. The highest BCUT2D eigenvalue weighted by molar-refractivity contribution is 6.00. The molecule has 5 rings (SSSR count). The fraction of sp³-hybridized carbons (Fsp3) is 0.360. The van der Waals surface area contributed by atoms with Crippen molar-refractivity contribution in [1.82, 2.24) is 15.0 Å². The van der Waals surface area contributed by atoms with Gasteiger partial charge in [0, 0.05) is 25.2 Å². The molecule has 0 spiro atoms. The Hall–Kier alpha value is -3.34. The number of nitrogen functional groups attached to an aromatic ring is 1. The van der Waals surface area contributed by atoms with Gasteiger partial charge in [-0.1, -0.05) is 6.07 Å². The Bertz CT molecular complexity index is 1250. The second-order valence-electron chi connectivity index (χ2n) is 8.99. The first-order valence-corrected chi connectivity index (χ1v) is 11.4. The van der Waals surface area contributed by atoms with Gasteiger partial charge in [0.2, 0.25) is 0 Å². The molecule has 1 aromatic carbocycles. The second kappa shape index (κ2) is 9.37. The first-order chi connectivity index (χ1) is 16.8. The molecule has 1 saturated carbocycles. The van der Waals surface area contributed by atoms with Crippen LogP contribution >= 0.6 is 0 Å². The normalized spacial score (nSPS) is 24.3. The van der Waals surface area contributed by atoms with Crippen LogP contribution in [0, 0.1) is 17.6 Å². The Morgan fingerprint density at radius 3 is 2.60 bits per heavy atom. The van der Waals surface area contributed by atoms with Crippen molar-refractivity contribution in [2.45, 2.75) is 50.1 Å². The van der Waals surface area contributed by atoms with Crippen LogP contribution < -0.4 is 5.73 Å². The fourth-order valence-electron chi connectivity index (χ4n) is 4.52. The zero-order valence-electron chi connectivity index (χ0n) is 18.6. The van der Waals surface area contributed by atoms with Crippen molar-refractivity contribution in [2.75, 3.05) is 5.73 Å². The highest BCUT2D eigenvalue weighted by Gasteiger charge is 2.45. The van der Waals surface area contributed by atoms with Crippen molar-refractivity contribution in [3.8, 4) is 11.4 Å². The quantitative estimate of drug-likeness (QED) is 0.457. The number of Topliss-reactive ketones (excluding diaryl/α,β-unsaturated/α-hetero) is 1. The Kier molecular flexibility index (Phi) is 6.26. The third-order valence-electron chi connectivity index (χ3n) is 6.50. The summed E-state index contributed by atoms with van der Waals surface area (Å²) in [6, 6.07) is 5.08. The van der Waals surface area contributed by atoms with Crippen molar-refractivity contribution in [1.29, 1.82) is 0 Å². The van der Waals surface area contributed by atoms with Gasteiger partial charge in [0.15, 0.2) is 11.6 Å². The van der Waals surface area contributed by atoms with E-state index in [0.717, 1.165) is 31.2 Å². The number of carbonyl (C=O) groups excluding carboxylic acids is 1. The third-order valence-corrected chi connectivity index (χ3v) is 6.50. The topological polar surface area (TPSA) is 131 Å². The number of ether oxygens (including phenoxy) is 1. The molecule has 8 nitrogen and oxygen atoms in total. The number of halogens is 2. The number of rotatable bonds is 6. The van der Waals surface area contributed by atoms with Crippen LogP contribution in [0.3, 0.4) is 0 Å². The number of aliphatic hydroxyl groups excluding tert-OH is 2. The summed E-state index contributed by atoms with van der Waals surface area (Å²) in [5, 5.41) is 20.8. The van der Waals surface area contributed by atoms with Crippen LogP contribution in [0.5, 0.6) is 0 Å². The standard InChI is InChI=1S/C25H24F2N4O4/c26-15-2-1-3-16(27)21(15)25-30-11-17(28)22(31-25)18(32)8-13-10-29-7-6-14(13)20-9-19(33)23(34)24(35-20)12-4-5-12/h1-3,6-7,10-12,19-20,23-24,33-34H,4-5,8-9,28H2/t19-,20-,23+,24-/m1/s1. The number of aliphatic hydroxyl groups is 2. The number of pyridine rings is 1. The van der Waals surface area contributed by atoms with Gasteiger partial charge in [-0.3, -0.25) is 9.78 Å². The maximum atomic E-state index is 14.2. The Morgan fingerprint density at radius 2 is 1.89 bits per heavy atom. The summed E-state index contributed by atoms with van der Waals surface area (Å²) in [5.74, 6) is -2.30. The number of nitrogens with two attached hydrogens (primary N) is 1. The van der Waals surface area contributed by atoms with Gasteiger partial charge >= 0.3 is 0 Å². The molecule has 3 aromatic rings. The average molecular weight is 482 g/mol. The van der Waals surface area contributed by atoms with Crippen LogP contribution in [0.15, 0.2) is 42.9 Å². The van der Waals surface area contributed by atoms with Crippen molar-refractivity contribution in [3.05, 3.63) is 71.3 Å². The molecular weight excluding hydrogens is 458 g/mol. The lowest BCUT2D eigenvalue weighted by molar-refractivity contribution is -0.177. The Morgan fingerprint density at radius 1 is 1.14 bits per heavy atom. The number of hydrogen-bond donors (Lipinski definition) is 3. The highest BCUT2D eigenvalue weighted by atomic mass is 19.1. The van der Waals surface area contributed by atoms with E-state index in [-0.39, 0.29) is 36.0 Å². The maximum absolute atomic E-state index is 14.2. The molecule has 2 aromatic heterocycles. The van der Waals surface area contributed by atoms with Gasteiger partial charge in [-0.2, -0.15) is 0 Å². The minimum Gasteiger partial charge on any atom is -0.396 e. The van der Waals surface area contributed by atoms with E-state index in [9.17, 15) is 23.8 Å². The predicted molar refractivity (Wildman–Crippen MR) is 121 cm³/mol. The Balaban J connectivity index is 1.43. The summed E-state index contributed by atoms with van der Waals surface area (Å²) in [6.07, 6.45) is 3.19. The molecule has 0 bridgehead atoms. The van der Waals surface area contributed by atoms with Gasteiger partial charge in [-0.05, 0) is 48.1 Å². The minimum absolute atomic E-state index is 0.0257. The lowest BCUT2D eigenvalue weighted by Gasteiger charge is -2.38. The maximum Gasteiger partial charge on any atom is 0.187 e. The number of aromatic nitrogens is 3. The molecule has 0 amide bonds. The number of benzene rings is 1. The van der Waals surface area contributed by atoms with Crippen LogP contribution in [0.25, 0.3) is 11.4 Å². The molecule has 35 heavy (non-hydrogen) atoms. The van der Waals surface area contributed by atoms with Crippen molar-refractivity contribution < 1.29 is 28.5 Å². The van der Waals surface area contributed by atoms with Crippen molar-refractivity contribution >= 4 is 11.5 Å². The van der Waals surface area contributed by atoms with Gasteiger partial charge in [0.05, 0.1) is 35.8 Å². The molecule has 1 saturated heterocycles. The summed E-state index contributed by atoms with van der Waals surface area (Å²) in [6.45, 7) is 0. The number of nitrogens with zero attached hydrogens (tertiary/aromatic N) is 3. The van der Waals surface area contributed by atoms with Gasteiger partial charge in [0.1, 0.15) is 23.4 Å². The lowest BCUT2D eigenvalue weighted by Crippen LogP contribution is -2.46. The van der Waals surface area contributed by atoms with Gasteiger partial charge in [0.25, 0.3) is 0 Å². The first-order valence-electron chi connectivity index (χ1n) is 11.4. The first kappa shape index (κ1) is 23.4. The largest absolute Gasteiger partial charge is 0.396 e. The van der Waals surface area contributed by atoms with Crippen LogP contribution in [0.2, 0.25) is 0 Å². The SMILES string of the molecule is Nc1cnc(-c2c(F)cccc2F)nc1C(=O)Cc1cnccc1[C@H]1C[C@@H](O)[C@H](O)[C@@H](C2CC2)O1. The molecule has 0 radical (unpaired) electrons. The Labute approximate surface area is 199 Å². The zero-order valence-corrected chi connectivity index (χ0v) is 18.6. The zero-order chi connectivity index (χ0) is 24.7. The molecule has 1 aliphatic heterocycles. The number of anilines is 1. The van der Waals surface area contributed by atoms with E-state index in [0.29, 0.717) is 11.1 Å². The van der Waals surface area contributed by atoms with E-state index in [1.54, 1.807) is 12.3 Å². The van der Waals surface area contributed by atoms with Crippen molar-refractivity contribution in [2.24, 2.45) is 5.92 Å².